The van der Waals surface area contributed by atoms with Gasteiger partial charge in [0, 0.05) is 13.6 Å². The van der Waals surface area contributed by atoms with E-state index in [1.807, 2.05) is 0 Å². The number of fused-ring (bicyclic) bond motifs is 2. The van der Waals surface area contributed by atoms with E-state index >= 15 is 0 Å². The first-order valence-electron chi connectivity index (χ1n) is 12.4. The fourth-order valence-electron chi connectivity index (χ4n) is 7.92. The predicted molar refractivity (Wildman–Crippen MR) is 122 cm³/mol. The number of rotatable bonds is 5. The highest BCUT2D eigenvalue weighted by Crippen LogP contribution is 2.63. The van der Waals surface area contributed by atoms with Crippen LogP contribution in [0.2, 0.25) is 0 Å². The lowest BCUT2D eigenvalue weighted by atomic mass is 9.62. The number of aliphatic imine (C=N–C) groups is 1. The summed E-state index contributed by atoms with van der Waals surface area (Å²) in [6.45, 7) is 7.35. The molecule has 2 bridgehead atoms. The zero-order valence-electron chi connectivity index (χ0n) is 19.1. The number of hydrogen-bond donors (Lipinski definition) is 4. The van der Waals surface area contributed by atoms with Gasteiger partial charge in [-0.15, -0.1) is 0 Å². The van der Waals surface area contributed by atoms with E-state index in [2.05, 4.69) is 23.8 Å². The molecule has 0 aliphatic heterocycles. The van der Waals surface area contributed by atoms with Crippen molar-refractivity contribution in [2.75, 3.05) is 13.6 Å². The van der Waals surface area contributed by atoms with Gasteiger partial charge in [-0.3, -0.25) is 4.99 Å². The second-order valence-electron chi connectivity index (χ2n) is 11.0. The van der Waals surface area contributed by atoms with Crippen molar-refractivity contribution in [2.24, 2.45) is 46.2 Å². The Bertz CT molecular complexity index is 669. The van der Waals surface area contributed by atoms with Crippen LogP contribution in [0.15, 0.2) is 17.1 Å². The quantitative estimate of drug-likeness (QED) is 0.312. The molecule has 0 amide bonds. The second-order valence-corrected chi connectivity index (χ2v) is 11.0. The largest absolute Gasteiger partial charge is 0.390 e. The highest BCUT2D eigenvalue weighted by molar-refractivity contribution is 5.77. The Balaban J connectivity index is 1.59. The Morgan fingerprint density at radius 3 is 2.57 bits per heavy atom. The predicted octanol–water partition coefficient (Wildman–Crippen LogP) is 3.60. The van der Waals surface area contributed by atoms with Gasteiger partial charge in [-0.05, 0) is 93.8 Å². The molecule has 0 heterocycles. The van der Waals surface area contributed by atoms with E-state index in [9.17, 15) is 10.2 Å². The molecule has 5 fully saturated rings. The van der Waals surface area contributed by atoms with Gasteiger partial charge in [0.25, 0.3) is 0 Å². The van der Waals surface area contributed by atoms with Gasteiger partial charge < -0.3 is 21.3 Å². The fourth-order valence-corrected chi connectivity index (χ4v) is 7.92. The van der Waals surface area contributed by atoms with Crippen molar-refractivity contribution in [2.45, 2.75) is 88.8 Å². The number of aliphatic hydroxyl groups is 2. The van der Waals surface area contributed by atoms with Crippen molar-refractivity contribution < 1.29 is 10.2 Å². The smallest absolute Gasteiger partial charge is 0.188 e. The maximum absolute atomic E-state index is 11.9. The van der Waals surface area contributed by atoms with Crippen molar-refractivity contribution in [1.29, 1.82) is 0 Å². The van der Waals surface area contributed by atoms with E-state index in [0.717, 1.165) is 32.1 Å². The summed E-state index contributed by atoms with van der Waals surface area (Å²) in [6, 6.07) is 0. The molecule has 0 aromatic heterocycles. The molecule has 5 rings (SSSR count). The normalized spacial score (nSPS) is 44.5. The Kier molecular flexibility index (Phi) is 6.24. The van der Waals surface area contributed by atoms with Gasteiger partial charge in [0.15, 0.2) is 5.96 Å². The third-order valence-electron chi connectivity index (χ3n) is 9.60. The summed E-state index contributed by atoms with van der Waals surface area (Å²) in [5.41, 5.74) is 5.81. The molecule has 5 saturated carbocycles. The van der Waals surface area contributed by atoms with Crippen molar-refractivity contribution in [3.05, 3.63) is 12.2 Å². The fraction of sp³-hybridized carbons (Fsp3) is 0.880. The molecule has 0 aromatic rings. The van der Waals surface area contributed by atoms with Gasteiger partial charge in [0.1, 0.15) is 0 Å². The van der Waals surface area contributed by atoms with Crippen LogP contribution >= 0.6 is 0 Å². The highest BCUT2D eigenvalue weighted by atomic mass is 16.3. The molecular weight excluding hydrogens is 374 g/mol. The Hall–Kier alpha value is -1.07. The first-order valence-corrected chi connectivity index (χ1v) is 12.4. The molecule has 0 saturated heterocycles. The summed E-state index contributed by atoms with van der Waals surface area (Å²) in [6.07, 6.45) is 12.2. The first kappa shape index (κ1) is 22.1. The van der Waals surface area contributed by atoms with Crippen LogP contribution in [0.25, 0.3) is 0 Å². The molecule has 170 valence electrons. The Morgan fingerprint density at radius 2 is 1.87 bits per heavy atom. The molecule has 5 nitrogen and oxygen atoms in total. The molecule has 0 spiro atoms. The molecule has 5 aliphatic carbocycles. The van der Waals surface area contributed by atoms with E-state index in [1.165, 1.54) is 37.7 Å². The zero-order valence-corrected chi connectivity index (χ0v) is 19.1. The average molecular weight is 418 g/mol. The van der Waals surface area contributed by atoms with Crippen molar-refractivity contribution in [3.63, 3.8) is 0 Å². The molecule has 5 N–H and O–H groups in total. The number of nitrogens with one attached hydrogen (secondary N) is 1. The van der Waals surface area contributed by atoms with E-state index in [4.69, 9.17) is 5.73 Å². The summed E-state index contributed by atoms with van der Waals surface area (Å²) in [5, 5.41) is 26.7. The van der Waals surface area contributed by atoms with Gasteiger partial charge in [-0.1, -0.05) is 31.4 Å². The topological polar surface area (TPSA) is 90.9 Å². The lowest BCUT2D eigenvalue weighted by molar-refractivity contribution is -0.0854. The Labute approximate surface area is 182 Å². The van der Waals surface area contributed by atoms with Gasteiger partial charge in [0.05, 0.1) is 11.2 Å². The Morgan fingerprint density at radius 1 is 1.13 bits per heavy atom. The standard InChI is InChI=1S/C25H43N3O2/c1-16(17-7-5-4-6-8-17)20-15-18-9-10-19(20)22-21(24(18,2)29)11-12-25(22,30)13-14-28-23(26)27-3/h17-22,29-30H,1,4-15H2,2-3H3,(H3,26,27,28)/t18-,19+,20-,21+,22+,24-,25-/m1/s1. The lowest BCUT2D eigenvalue weighted by Crippen LogP contribution is -2.47. The van der Waals surface area contributed by atoms with E-state index in [1.54, 1.807) is 7.05 Å². The third-order valence-corrected chi connectivity index (χ3v) is 9.60. The van der Waals surface area contributed by atoms with Crippen LogP contribution in [-0.4, -0.2) is 41.0 Å². The number of nitrogens with zero attached hydrogens (tertiary/aromatic N) is 1. The van der Waals surface area contributed by atoms with Crippen LogP contribution in [-0.2, 0) is 0 Å². The monoisotopic (exact) mass is 417 g/mol. The van der Waals surface area contributed by atoms with E-state index in [0.29, 0.717) is 42.6 Å². The zero-order chi connectivity index (χ0) is 21.5. The maximum Gasteiger partial charge on any atom is 0.188 e. The molecule has 5 heteroatoms. The molecule has 5 aliphatic rings. The lowest BCUT2D eigenvalue weighted by Gasteiger charge is -2.44. The first-order chi connectivity index (χ1) is 14.3. The molecule has 0 unspecified atom stereocenters. The summed E-state index contributed by atoms with van der Waals surface area (Å²) in [5.74, 6) is 2.62. The third kappa shape index (κ3) is 3.81. The van der Waals surface area contributed by atoms with Crippen LogP contribution in [0.5, 0.6) is 0 Å². The van der Waals surface area contributed by atoms with Crippen LogP contribution in [0.4, 0.5) is 0 Å². The summed E-state index contributed by atoms with van der Waals surface area (Å²) in [7, 11) is 1.67. The van der Waals surface area contributed by atoms with Gasteiger partial charge in [0.2, 0.25) is 0 Å². The SMILES string of the molecule is C=C(C1CCCCC1)[C@H]1C[C@H]2CC[C@@H]1[C@H]1[C@H](CC[C@@]1(O)CCNC(N)=NC)[C@]2(C)O. The summed E-state index contributed by atoms with van der Waals surface area (Å²) >= 11 is 0. The minimum absolute atomic E-state index is 0.145. The number of nitrogens with two attached hydrogens (primary N) is 1. The van der Waals surface area contributed by atoms with Gasteiger partial charge in [-0.25, -0.2) is 0 Å². The minimum atomic E-state index is -0.745. The molecule has 30 heavy (non-hydrogen) atoms. The molecule has 0 radical (unpaired) electrons. The summed E-state index contributed by atoms with van der Waals surface area (Å²) in [4.78, 5) is 3.97. The van der Waals surface area contributed by atoms with Crippen molar-refractivity contribution in [1.82, 2.24) is 5.32 Å². The molecule has 0 aromatic carbocycles. The minimum Gasteiger partial charge on any atom is -0.390 e. The van der Waals surface area contributed by atoms with Crippen LogP contribution in [0, 0.1) is 35.5 Å². The van der Waals surface area contributed by atoms with Crippen molar-refractivity contribution >= 4 is 5.96 Å². The van der Waals surface area contributed by atoms with Crippen LogP contribution < -0.4 is 11.1 Å². The van der Waals surface area contributed by atoms with E-state index < -0.39 is 11.2 Å². The number of allylic oxidation sites excluding steroid dienone is 1. The molecular formula is C25H43N3O2. The number of hydrogen-bond acceptors (Lipinski definition) is 3. The molecule has 7 atom stereocenters. The highest BCUT2D eigenvalue weighted by Gasteiger charge is 2.62. The van der Waals surface area contributed by atoms with Gasteiger partial charge in [-0.2, -0.15) is 0 Å². The van der Waals surface area contributed by atoms with Crippen LogP contribution in [0.1, 0.15) is 77.6 Å². The van der Waals surface area contributed by atoms with E-state index in [-0.39, 0.29) is 11.8 Å². The average Bonchev–Trinajstić information content (AvgIpc) is 3.01. The maximum atomic E-state index is 11.9. The number of guanidine groups is 1. The van der Waals surface area contributed by atoms with Crippen molar-refractivity contribution in [3.8, 4) is 0 Å². The second kappa shape index (κ2) is 8.46. The van der Waals surface area contributed by atoms with Gasteiger partial charge >= 0.3 is 0 Å². The van der Waals surface area contributed by atoms with Crippen LogP contribution in [0.3, 0.4) is 0 Å². The summed E-state index contributed by atoms with van der Waals surface area (Å²) < 4.78 is 0.